The molecule has 0 fully saturated rings. The van der Waals surface area contributed by atoms with Gasteiger partial charge in [0.25, 0.3) is 11.6 Å². The summed E-state index contributed by atoms with van der Waals surface area (Å²) in [7, 11) is 1.22. The lowest BCUT2D eigenvalue weighted by atomic mass is 10.1. The van der Waals surface area contributed by atoms with E-state index in [2.05, 4.69) is 0 Å². The number of alkyl halides is 3. The van der Waals surface area contributed by atoms with Crippen molar-refractivity contribution in [1.82, 2.24) is 0 Å². The lowest BCUT2D eigenvalue weighted by molar-refractivity contribution is -0.384. The number of ether oxygens (including phenoxy) is 2. The smallest absolute Gasteiger partial charge is 0.418 e. The van der Waals surface area contributed by atoms with Crippen LogP contribution in [-0.4, -0.2) is 30.5 Å². The van der Waals surface area contributed by atoms with Crippen LogP contribution in [0.1, 0.15) is 15.9 Å². The second-order valence-electron chi connectivity index (χ2n) is 5.31. The molecule has 0 radical (unpaired) electrons. The van der Waals surface area contributed by atoms with E-state index in [0.29, 0.717) is 0 Å². The summed E-state index contributed by atoms with van der Waals surface area (Å²) in [6, 6.07) is 7.47. The van der Waals surface area contributed by atoms with Crippen LogP contribution < -0.4 is 10.1 Å². The molecule has 0 bridgehead atoms. The number of carbonyl (C=O) groups is 2. The Hall–Kier alpha value is -3.63. The number of esters is 1. The third-order valence-corrected chi connectivity index (χ3v) is 3.45. The maximum absolute atomic E-state index is 12.9. The van der Waals surface area contributed by atoms with E-state index in [1.54, 1.807) is 0 Å². The Morgan fingerprint density at radius 3 is 2.46 bits per heavy atom. The van der Waals surface area contributed by atoms with Gasteiger partial charge in [-0.3, -0.25) is 14.9 Å². The number of hydrogen-bond acceptors (Lipinski definition) is 6. The van der Waals surface area contributed by atoms with Gasteiger partial charge in [-0.1, -0.05) is 12.1 Å². The molecule has 0 aliphatic carbocycles. The first kappa shape index (κ1) is 20.7. The van der Waals surface area contributed by atoms with Gasteiger partial charge in [0, 0.05) is 12.1 Å². The van der Waals surface area contributed by atoms with Crippen molar-refractivity contribution in [2.75, 3.05) is 19.0 Å². The van der Waals surface area contributed by atoms with E-state index < -0.39 is 46.5 Å². The molecule has 0 aliphatic heterocycles. The topological polar surface area (TPSA) is 108 Å². The fourth-order valence-corrected chi connectivity index (χ4v) is 2.20. The Bertz CT molecular complexity index is 914. The Morgan fingerprint density at radius 2 is 1.86 bits per heavy atom. The van der Waals surface area contributed by atoms with Gasteiger partial charge < -0.3 is 14.8 Å². The van der Waals surface area contributed by atoms with Gasteiger partial charge in [-0.25, -0.2) is 4.79 Å². The first-order valence-electron chi connectivity index (χ1n) is 7.59. The Kier molecular flexibility index (Phi) is 6.18. The summed E-state index contributed by atoms with van der Waals surface area (Å²) in [5.41, 5.74) is -2.27. The highest BCUT2D eigenvalue weighted by molar-refractivity contribution is 5.97. The molecule has 0 saturated heterocycles. The molecule has 0 aliphatic rings. The molecule has 0 unspecified atom stereocenters. The van der Waals surface area contributed by atoms with E-state index in [1.807, 2.05) is 5.32 Å². The zero-order valence-corrected chi connectivity index (χ0v) is 14.3. The van der Waals surface area contributed by atoms with Gasteiger partial charge in [-0.2, -0.15) is 13.2 Å². The van der Waals surface area contributed by atoms with E-state index >= 15 is 0 Å². The predicted octanol–water partition coefficient (Wildman–Crippen LogP) is 3.42. The Morgan fingerprint density at radius 1 is 1.18 bits per heavy atom. The number of carbonyl (C=O) groups excluding carboxylic acids is 2. The third-order valence-electron chi connectivity index (χ3n) is 3.45. The number of rotatable bonds is 6. The summed E-state index contributed by atoms with van der Waals surface area (Å²) in [6.07, 6.45) is -4.68. The molecule has 2 rings (SSSR count). The van der Waals surface area contributed by atoms with Crippen LogP contribution in [0.15, 0.2) is 42.5 Å². The number of amides is 1. The van der Waals surface area contributed by atoms with Crippen LogP contribution in [-0.2, 0) is 15.7 Å². The summed E-state index contributed by atoms with van der Waals surface area (Å²) in [6.45, 7) is -0.906. The van der Waals surface area contributed by atoms with Crippen molar-refractivity contribution in [2.45, 2.75) is 6.18 Å². The highest BCUT2D eigenvalue weighted by Gasteiger charge is 2.33. The summed E-state index contributed by atoms with van der Waals surface area (Å²) in [5.74, 6) is -2.16. The third kappa shape index (κ3) is 4.96. The predicted molar refractivity (Wildman–Crippen MR) is 90.0 cm³/mol. The molecular weight excluding hydrogens is 385 g/mol. The van der Waals surface area contributed by atoms with Crippen LogP contribution in [0.5, 0.6) is 5.75 Å². The van der Waals surface area contributed by atoms with Crippen LogP contribution in [0.25, 0.3) is 0 Å². The number of nitrogens with one attached hydrogen (secondary N) is 1. The fourth-order valence-electron chi connectivity index (χ4n) is 2.20. The Labute approximate surface area is 156 Å². The molecule has 11 heteroatoms. The number of nitrogens with zero attached hydrogens (tertiary/aromatic N) is 1. The van der Waals surface area contributed by atoms with Gasteiger partial charge in [-0.15, -0.1) is 0 Å². The van der Waals surface area contributed by atoms with E-state index in [9.17, 15) is 32.9 Å². The second kappa shape index (κ2) is 8.37. The zero-order chi connectivity index (χ0) is 20.9. The van der Waals surface area contributed by atoms with Crippen LogP contribution >= 0.6 is 0 Å². The zero-order valence-electron chi connectivity index (χ0n) is 14.3. The molecule has 148 valence electrons. The van der Waals surface area contributed by atoms with Gasteiger partial charge in [0.15, 0.2) is 6.61 Å². The number of nitro groups is 1. The van der Waals surface area contributed by atoms with Crippen molar-refractivity contribution in [3.05, 3.63) is 63.7 Å². The average molecular weight is 398 g/mol. The van der Waals surface area contributed by atoms with Gasteiger partial charge in [0.2, 0.25) is 0 Å². The van der Waals surface area contributed by atoms with E-state index in [4.69, 9.17) is 9.47 Å². The van der Waals surface area contributed by atoms with Gasteiger partial charge >= 0.3 is 12.1 Å². The summed E-state index contributed by atoms with van der Waals surface area (Å²) in [5, 5.41) is 12.8. The largest absolute Gasteiger partial charge is 0.496 e. The quantitative estimate of drug-likeness (QED) is 0.454. The molecular formula is C17H13F3N2O6. The summed E-state index contributed by atoms with van der Waals surface area (Å²) >= 11 is 0. The number of methoxy groups -OCH3 is 1. The number of anilines is 1. The monoisotopic (exact) mass is 398 g/mol. The van der Waals surface area contributed by atoms with Crippen molar-refractivity contribution in [1.29, 1.82) is 0 Å². The second-order valence-corrected chi connectivity index (χ2v) is 5.31. The van der Waals surface area contributed by atoms with Crippen LogP contribution in [0.2, 0.25) is 0 Å². The minimum atomic E-state index is -4.68. The molecule has 2 aromatic carbocycles. The first-order valence-corrected chi connectivity index (χ1v) is 7.59. The van der Waals surface area contributed by atoms with Gasteiger partial charge in [-0.05, 0) is 18.2 Å². The highest BCUT2D eigenvalue weighted by atomic mass is 19.4. The van der Waals surface area contributed by atoms with Crippen molar-refractivity contribution in [2.24, 2.45) is 0 Å². The van der Waals surface area contributed by atoms with Gasteiger partial charge in [0.1, 0.15) is 11.3 Å². The molecule has 2 aromatic rings. The number of para-hydroxylation sites is 1. The molecule has 28 heavy (non-hydrogen) atoms. The SMILES string of the molecule is COc1ccc([N+](=O)[O-])cc1C(=O)OCC(=O)Nc1ccccc1C(F)(F)F. The molecule has 0 aromatic heterocycles. The van der Waals surface area contributed by atoms with Crippen molar-refractivity contribution < 1.29 is 37.2 Å². The van der Waals surface area contributed by atoms with Crippen LogP contribution in [0, 0.1) is 10.1 Å². The van der Waals surface area contributed by atoms with Crippen molar-refractivity contribution >= 4 is 23.3 Å². The number of halogens is 3. The molecule has 0 spiro atoms. The molecule has 1 amide bonds. The minimum Gasteiger partial charge on any atom is -0.496 e. The molecule has 1 N–H and O–H groups in total. The average Bonchev–Trinajstić information content (AvgIpc) is 2.65. The summed E-state index contributed by atoms with van der Waals surface area (Å²) in [4.78, 5) is 34.0. The van der Waals surface area contributed by atoms with E-state index in [0.717, 1.165) is 30.3 Å². The standard InChI is InChI=1S/C17H13F3N2O6/c1-27-14-7-6-10(22(25)26)8-11(14)16(24)28-9-15(23)21-13-5-3-2-4-12(13)17(18,19)20/h2-8H,9H2,1H3,(H,21,23). The Balaban J connectivity index is 2.09. The molecule has 0 saturated carbocycles. The van der Waals surface area contributed by atoms with Crippen molar-refractivity contribution in [3.8, 4) is 5.75 Å². The van der Waals surface area contributed by atoms with E-state index in [-0.39, 0.29) is 11.3 Å². The normalized spacial score (nSPS) is 10.9. The van der Waals surface area contributed by atoms with Crippen LogP contribution in [0.4, 0.5) is 24.5 Å². The number of non-ortho nitro benzene ring substituents is 1. The molecule has 8 nitrogen and oxygen atoms in total. The number of hydrogen-bond donors (Lipinski definition) is 1. The van der Waals surface area contributed by atoms with Crippen molar-refractivity contribution in [3.63, 3.8) is 0 Å². The maximum atomic E-state index is 12.9. The maximum Gasteiger partial charge on any atom is 0.418 e. The van der Waals surface area contributed by atoms with Gasteiger partial charge in [0.05, 0.1) is 23.3 Å². The van der Waals surface area contributed by atoms with Crippen LogP contribution in [0.3, 0.4) is 0 Å². The summed E-state index contributed by atoms with van der Waals surface area (Å²) < 4.78 is 48.4. The molecule has 0 heterocycles. The minimum absolute atomic E-state index is 0.0292. The molecule has 0 atom stereocenters. The lowest BCUT2D eigenvalue weighted by Crippen LogP contribution is -2.23. The fraction of sp³-hybridized carbons (Fsp3) is 0.176. The number of benzene rings is 2. The number of nitro benzene ring substituents is 1. The lowest BCUT2D eigenvalue weighted by Gasteiger charge is -2.13. The first-order chi connectivity index (χ1) is 13.1. The van der Waals surface area contributed by atoms with E-state index in [1.165, 1.54) is 19.2 Å². The highest BCUT2D eigenvalue weighted by Crippen LogP contribution is 2.34.